The third-order valence-electron chi connectivity index (χ3n) is 2.14. The maximum absolute atomic E-state index is 10.6. The molecule has 1 heterocycles. The van der Waals surface area contributed by atoms with Crippen LogP contribution < -0.4 is 0 Å². The first kappa shape index (κ1) is 9.28. The fourth-order valence-electron chi connectivity index (χ4n) is 1.45. The molecule has 1 aliphatic heterocycles. The highest BCUT2D eigenvalue weighted by molar-refractivity contribution is 5.65. The van der Waals surface area contributed by atoms with Crippen LogP contribution in [0.4, 0.5) is 4.79 Å². The normalized spacial score (nSPS) is 30.3. The second-order valence-corrected chi connectivity index (χ2v) is 2.99. The molecule has 70 valence electrons. The number of amides is 1. The van der Waals surface area contributed by atoms with Gasteiger partial charge in [-0.05, 0) is 12.8 Å². The Labute approximate surface area is 70.2 Å². The molecule has 12 heavy (non-hydrogen) atoms. The minimum absolute atomic E-state index is 0.219. The molecule has 3 N–H and O–H groups in total. The van der Waals surface area contributed by atoms with Gasteiger partial charge in [0.05, 0.1) is 18.8 Å². The third-order valence-corrected chi connectivity index (χ3v) is 2.14. The summed E-state index contributed by atoms with van der Waals surface area (Å²) in [6.07, 6.45) is -0.704. The highest BCUT2D eigenvalue weighted by Gasteiger charge is 2.29. The van der Waals surface area contributed by atoms with Crippen LogP contribution in [0.25, 0.3) is 0 Å². The molecule has 0 aromatic heterocycles. The summed E-state index contributed by atoms with van der Waals surface area (Å²) in [5.74, 6) is 0. The zero-order chi connectivity index (χ0) is 9.14. The molecular formula is C7H13NO4. The lowest BCUT2D eigenvalue weighted by Crippen LogP contribution is -2.48. The molecule has 1 amide bonds. The number of aliphatic hydroxyl groups excluding tert-OH is 2. The number of piperidine rings is 1. The molecule has 0 bridgehead atoms. The Hall–Kier alpha value is -0.810. The molecule has 1 saturated heterocycles. The van der Waals surface area contributed by atoms with Gasteiger partial charge in [-0.2, -0.15) is 0 Å². The maximum atomic E-state index is 10.6. The molecule has 0 aliphatic carbocycles. The van der Waals surface area contributed by atoms with Gasteiger partial charge in [0.2, 0.25) is 0 Å². The largest absolute Gasteiger partial charge is 0.465 e. The molecule has 1 aliphatic rings. The Morgan fingerprint density at radius 1 is 1.58 bits per heavy atom. The van der Waals surface area contributed by atoms with E-state index in [-0.39, 0.29) is 6.61 Å². The van der Waals surface area contributed by atoms with E-state index in [1.165, 1.54) is 4.90 Å². The van der Waals surface area contributed by atoms with Gasteiger partial charge >= 0.3 is 6.09 Å². The van der Waals surface area contributed by atoms with Gasteiger partial charge in [-0.25, -0.2) is 4.79 Å². The predicted molar refractivity (Wildman–Crippen MR) is 40.8 cm³/mol. The SMILES string of the molecule is O=C(O)N1CCC(O)C[C@H]1CO. The van der Waals surface area contributed by atoms with E-state index in [9.17, 15) is 9.90 Å². The van der Waals surface area contributed by atoms with E-state index in [0.717, 1.165) is 0 Å². The molecule has 5 heteroatoms. The summed E-state index contributed by atoms with van der Waals surface area (Å²) in [6.45, 7) is 0.0884. The van der Waals surface area contributed by atoms with Crippen LogP contribution in [0.2, 0.25) is 0 Å². The van der Waals surface area contributed by atoms with Gasteiger partial charge in [-0.3, -0.25) is 0 Å². The molecule has 0 saturated carbocycles. The van der Waals surface area contributed by atoms with Crippen LogP contribution in [-0.2, 0) is 0 Å². The van der Waals surface area contributed by atoms with Crippen LogP contribution >= 0.6 is 0 Å². The van der Waals surface area contributed by atoms with Crippen LogP contribution in [0.15, 0.2) is 0 Å². The summed E-state index contributed by atoms with van der Waals surface area (Å²) in [4.78, 5) is 11.7. The fraction of sp³-hybridized carbons (Fsp3) is 0.857. The van der Waals surface area contributed by atoms with Gasteiger partial charge in [0.15, 0.2) is 0 Å². The average Bonchev–Trinajstić information content (AvgIpc) is 2.03. The molecule has 1 rings (SSSR count). The summed E-state index contributed by atoms with van der Waals surface area (Å²) in [5.41, 5.74) is 0. The first-order chi connectivity index (χ1) is 5.65. The van der Waals surface area contributed by atoms with E-state index < -0.39 is 18.2 Å². The quantitative estimate of drug-likeness (QED) is 0.501. The number of hydrogen-bond acceptors (Lipinski definition) is 3. The number of nitrogens with zero attached hydrogens (tertiary/aromatic N) is 1. The van der Waals surface area contributed by atoms with E-state index in [0.29, 0.717) is 19.4 Å². The first-order valence-corrected chi connectivity index (χ1v) is 3.93. The molecule has 1 unspecified atom stereocenters. The molecule has 1 fully saturated rings. The van der Waals surface area contributed by atoms with Crippen LogP contribution in [0, 0.1) is 0 Å². The minimum Gasteiger partial charge on any atom is -0.465 e. The van der Waals surface area contributed by atoms with E-state index in [4.69, 9.17) is 10.2 Å². The Morgan fingerprint density at radius 3 is 2.75 bits per heavy atom. The number of aliphatic hydroxyl groups is 2. The maximum Gasteiger partial charge on any atom is 0.407 e. The summed E-state index contributed by atoms with van der Waals surface area (Å²) >= 11 is 0. The lowest BCUT2D eigenvalue weighted by Gasteiger charge is -2.34. The standard InChI is InChI=1S/C7H13NO4/c9-4-5-3-6(10)1-2-8(5)7(11)12/h5-6,9-10H,1-4H2,(H,11,12)/t5-,6?/m0/s1. The fourth-order valence-corrected chi connectivity index (χ4v) is 1.45. The second-order valence-electron chi connectivity index (χ2n) is 2.99. The topological polar surface area (TPSA) is 81.0 Å². The van der Waals surface area contributed by atoms with Crippen LogP contribution in [-0.4, -0.2) is 51.6 Å². The number of carbonyl (C=O) groups is 1. The molecule has 2 atom stereocenters. The molecule has 0 aromatic rings. The third kappa shape index (κ3) is 1.86. The van der Waals surface area contributed by atoms with Gasteiger partial charge in [0.25, 0.3) is 0 Å². The molecule has 0 spiro atoms. The van der Waals surface area contributed by atoms with Crippen molar-refractivity contribution in [1.82, 2.24) is 4.90 Å². The average molecular weight is 175 g/mol. The summed E-state index contributed by atoms with van der Waals surface area (Å²) in [7, 11) is 0. The Morgan fingerprint density at radius 2 is 2.25 bits per heavy atom. The number of likely N-dealkylation sites (tertiary alicyclic amines) is 1. The van der Waals surface area contributed by atoms with Crippen molar-refractivity contribution in [1.29, 1.82) is 0 Å². The summed E-state index contributed by atoms with van der Waals surface area (Å²) < 4.78 is 0. The van der Waals surface area contributed by atoms with Crippen molar-refractivity contribution in [2.75, 3.05) is 13.2 Å². The Bertz CT molecular complexity index is 173. The van der Waals surface area contributed by atoms with Gasteiger partial charge in [-0.15, -0.1) is 0 Å². The van der Waals surface area contributed by atoms with E-state index in [1.807, 2.05) is 0 Å². The molecule has 5 nitrogen and oxygen atoms in total. The van der Waals surface area contributed by atoms with Crippen molar-refractivity contribution < 1.29 is 20.1 Å². The zero-order valence-corrected chi connectivity index (χ0v) is 6.68. The second kappa shape index (κ2) is 3.73. The monoisotopic (exact) mass is 175 g/mol. The zero-order valence-electron chi connectivity index (χ0n) is 6.68. The van der Waals surface area contributed by atoms with Gasteiger partial charge < -0.3 is 20.2 Å². The highest BCUT2D eigenvalue weighted by atomic mass is 16.4. The van der Waals surface area contributed by atoms with Crippen molar-refractivity contribution in [3.8, 4) is 0 Å². The summed E-state index contributed by atoms with van der Waals surface area (Å²) in [5, 5.41) is 26.7. The van der Waals surface area contributed by atoms with Crippen molar-refractivity contribution in [2.45, 2.75) is 25.0 Å². The van der Waals surface area contributed by atoms with Gasteiger partial charge in [0, 0.05) is 6.54 Å². The lowest BCUT2D eigenvalue weighted by atomic mass is 10.0. The van der Waals surface area contributed by atoms with E-state index >= 15 is 0 Å². The number of carboxylic acid groups (broad SMARTS) is 1. The first-order valence-electron chi connectivity index (χ1n) is 3.93. The van der Waals surface area contributed by atoms with Gasteiger partial charge in [-0.1, -0.05) is 0 Å². The smallest absolute Gasteiger partial charge is 0.407 e. The summed E-state index contributed by atoms with van der Waals surface area (Å²) in [6, 6.07) is -0.439. The van der Waals surface area contributed by atoms with Crippen molar-refractivity contribution >= 4 is 6.09 Å². The van der Waals surface area contributed by atoms with Crippen molar-refractivity contribution in [3.05, 3.63) is 0 Å². The van der Waals surface area contributed by atoms with E-state index in [2.05, 4.69) is 0 Å². The van der Waals surface area contributed by atoms with Crippen LogP contribution in [0.5, 0.6) is 0 Å². The van der Waals surface area contributed by atoms with Crippen LogP contribution in [0.1, 0.15) is 12.8 Å². The predicted octanol–water partition coefficient (Wildman–Crippen LogP) is -0.518. The van der Waals surface area contributed by atoms with Crippen LogP contribution in [0.3, 0.4) is 0 Å². The Kier molecular flexibility index (Phi) is 2.88. The molecule has 0 aromatic carbocycles. The Balaban J connectivity index is 2.56. The lowest BCUT2D eigenvalue weighted by molar-refractivity contribution is 0.0220. The minimum atomic E-state index is -1.03. The van der Waals surface area contributed by atoms with Crippen molar-refractivity contribution in [2.24, 2.45) is 0 Å². The molecular weight excluding hydrogens is 162 g/mol. The highest BCUT2D eigenvalue weighted by Crippen LogP contribution is 2.16. The number of rotatable bonds is 1. The van der Waals surface area contributed by atoms with E-state index in [1.54, 1.807) is 0 Å². The molecule has 0 radical (unpaired) electrons. The van der Waals surface area contributed by atoms with Crippen molar-refractivity contribution in [3.63, 3.8) is 0 Å². The number of hydrogen-bond donors (Lipinski definition) is 3. The van der Waals surface area contributed by atoms with Gasteiger partial charge in [0.1, 0.15) is 0 Å².